The molecular weight excluding hydrogens is 322 g/mol. The van der Waals surface area contributed by atoms with Crippen molar-refractivity contribution in [3.8, 4) is 0 Å². The Morgan fingerprint density at radius 2 is 1.83 bits per heavy atom. The highest BCUT2D eigenvalue weighted by Crippen LogP contribution is 2.51. The summed E-state index contributed by atoms with van der Waals surface area (Å²) in [5.41, 5.74) is 4.83. The summed E-state index contributed by atoms with van der Waals surface area (Å²) in [6, 6.07) is 4.04. The highest BCUT2D eigenvalue weighted by molar-refractivity contribution is 8.18. The molecule has 2 amide bonds. The van der Waals surface area contributed by atoms with E-state index in [1.165, 1.54) is 0 Å². The Balaban J connectivity index is 2.08. The van der Waals surface area contributed by atoms with E-state index in [1.54, 1.807) is 4.90 Å². The van der Waals surface area contributed by atoms with Crippen molar-refractivity contribution in [3.05, 3.63) is 39.8 Å². The van der Waals surface area contributed by atoms with Crippen LogP contribution in [0.5, 0.6) is 0 Å². The van der Waals surface area contributed by atoms with Crippen LogP contribution in [-0.2, 0) is 9.59 Å². The second-order valence-electron chi connectivity index (χ2n) is 6.92. The monoisotopic (exact) mass is 339 g/mol. The van der Waals surface area contributed by atoms with Crippen LogP contribution in [0.15, 0.2) is 23.1 Å². The normalized spacial score (nSPS) is 24.2. The molecule has 0 bridgehead atoms. The van der Waals surface area contributed by atoms with E-state index in [-0.39, 0.29) is 17.0 Å². The number of carbonyl (C=O) groups excluding carboxylic acids is 2. The van der Waals surface area contributed by atoms with Crippen LogP contribution in [0.2, 0.25) is 0 Å². The fourth-order valence-electron chi connectivity index (χ4n) is 3.78. The van der Waals surface area contributed by atoms with Crippen LogP contribution in [0.4, 0.5) is 5.69 Å². The van der Waals surface area contributed by atoms with E-state index in [2.05, 4.69) is 24.4 Å². The summed E-state index contributed by atoms with van der Waals surface area (Å²) >= 11 is 1.02. The van der Waals surface area contributed by atoms with Gasteiger partial charge in [0.2, 0.25) is 0 Å². The Morgan fingerprint density at radius 3 is 2.46 bits per heavy atom. The van der Waals surface area contributed by atoms with Gasteiger partial charge in [-0.05, 0) is 62.7 Å². The standard InChI is InChI=1S/C18H17N3O2S/c1-8-5-10-9(2)7-18(3,4)21-13(10)11(6-8)12(16(21)23)14-15(22)20-17(19)24-14/h5-7H,1-4H3,(H2,19,20,22)/b14-12-. The number of rotatable bonds is 0. The molecule has 0 unspecified atom stereocenters. The van der Waals surface area contributed by atoms with Gasteiger partial charge in [0.15, 0.2) is 5.17 Å². The van der Waals surface area contributed by atoms with Crippen molar-refractivity contribution in [3.63, 3.8) is 0 Å². The van der Waals surface area contributed by atoms with Crippen LogP contribution in [0.1, 0.15) is 37.5 Å². The molecule has 1 aromatic rings. The molecule has 3 heterocycles. The first-order valence-corrected chi connectivity index (χ1v) is 8.54. The number of amidine groups is 1. The van der Waals surface area contributed by atoms with Gasteiger partial charge in [-0.1, -0.05) is 6.08 Å². The Labute approximate surface area is 144 Å². The zero-order valence-electron chi connectivity index (χ0n) is 13.9. The molecule has 4 rings (SSSR count). The van der Waals surface area contributed by atoms with E-state index < -0.39 is 5.54 Å². The Morgan fingerprint density at radius 1 is 1.17 bits per heavy atom. The molecule has 0 spiro atoms. The number of aryl methyl sites for hydroxylation is 1. The number of nitrogens with one attached hydrogen (secondary N) is 2. The molecule has 1 saturated heterocycles. The van der Waals surface area contributed by atoms with Crippen LogP contribution in [0.25, 0.3) is 11.1 Å². The lowest BCUT2D eigenvalue weighted by molar-refractivity contribution is -0.116. The Bertz CT molecular complexity index is 924. The zero-order chi connectivity index (χ0) is 17.4. The molecule has 122 valence electrons. The van der Waals surface area contributed by atoms with Gasteiger partial charge in [0.05, 0.1) is 21.7 Å². The Kier molecular flexibility index (Phi) is 2.91. The second-order valence-corrected chi connectivity index (χ2v) is 7.94. The number of benzene rings is 1. The maximum Gasteiger partial charge on any atom is 0.264 e. The number of carbonyl (C=O) groups is 2. The minimum Gasteiger partial charge on any atom is -0.301 e. The van der Waals surface area contributed by atoms with Gasteiger partial charge < -0.3 is 5.32 Å². The second kappa shape index (κ2) is 4.60. The Hall–Kier alpha value is -2.34. The van der Waals surface area contributed by atoms with Gasteiger partial charge in [0.25, 0.3) is 11.8 Å². The first-order valence-electron chi connectivity index (χ1n) is 7.72. The van der Waals surface area contributed by atoms with Crippen molar-refractivity contribution in [2.24, 2.45) is 0 Å². The van der Waals surface area contributed by atoms with Gasteiger partial charge >= 0.3 is 0 Å². The molecule has 3 aliphatic heterocycles. The number of amides is 2. The van der Waals surface area contributed by atoms with Gasteiger partial charge in [-0.3, -0.25) is 19.9 Å². The lowest BCUT2D eigenvalue weighted by Gasteiger charge is -2.38. The van der Waals surface area contributed by atoms with Crippen LogP contribution >= 0.6 is 11.8 Å². The molecule has 24 heavy (non-hydrogen) atoms. The number of hydrogen-bond donors (Lipinski definition) is 2. The van der Waals surface area contributed by atoms with Gasteiger partial charge in [0.1, 0.15) is 0 Å². The minimum absolute atomic E-state index is 0.0617. The van der Waals surface area contributed by atoms with E-state index in [4.69, 9.17) is 5.41 Å². The number of nitrogens with zero attached hydrogens (tertiary/aromatic N) is 1. The fourth-order valence-corrected chi connectivity index (χ4v) is 4.57. The summed E-state index contributed by atoms with van der Waals surface area (Å²) in [4.78, 5) is 27.5. The molecule has 0 aliphatic carbocycles. The maximum atomic E-state index is 13.2. The van der Waals surface area contributed by atoms with E-state index in [0.29, 0.717) is 10.5 Å². The molecule has 0 saturated carbocycles. The van der Waals surface area contributed by atoms with Crippen LogP contribution < -0.4 is 10.2 Å². The number of hydrogen-bond acceptors (Lipinski definition) is 4. The molecule has 1 fully saturated rings. The maximum absolute atomic E-state index is 13.2. The smallest absolute Gasteiger partial charge is 0.264 e. The SMILES string of the molecule is CC1=CC(C)(C)N2C(=O)/C(=C3\SC(=N)NC3=O)c3cc(C)cc1c32. The van der Waals surface area contributed by atoms with Gasteiger partial charge in [-0.15, -0.1) is 0 Å². The lowest BCUT2D eigenvalue weighted by atomic mass is 9.88. The van der Waals surface area contributed by atoms with E-state index in [1.807, 2.05) is 26.8 Å². The summed E-state index contributed by atoms with van der Waals surface area (Å²) < 4.78 is 0. The molecule has 6 heteroatoms. The van der Waals surface area contributed by atoms with Gasteiger partial charge in [-0.25, -0.2) is 0 Å². The highest BCUT2D eigenvalue weighted by Gasteiger charge is 2.47. The van der Waals surface area contributed by atoms with Crippen LogP contribution in [0, 0.1) is 12.3 Å². The third kappa shape index (κ3) is 1.86. The molecule has 0 radical (unpaired) electrons. The quantitative estimate of drug-likeness (QED) is 0.714. The summed E-state index contributed by atoms with van der Waals surface area (Å²) in [7, 11) is 0. The largest absolute Gasteiger partial charge is 0.301 e. The summed E-state index contributed by atoms with van der Waals surface area (Å²) in [6.07, 6.45) is 2.09. The zero-order valence-corrected chi connectivity index (χ0v) is 14.7. The molecule has 5 nitrogen and oxygen atoms in total. The van der Waals surface area contributed by atoms with E-state index in [0.717, 1.165) is 39.7 Å². The summed E-state index contributed by atoms with van der Waals surface area (Å²) in [6.45, 7) is 8.04. The van der Waals surface area contributed by atoms with Crippen molar-refractivity contribution in [2.75, 3.05) is 4.90 Å². The molecule has 1 aromatic carbocycles. The number of allylic oxidation sites excluding steroid dienone is 1. The van der Waals surface area contributed by atoms with Gasteiger partial charge in [-0.2, -0.15) is 0 Å². The van der Waals surface area contributed by atoms with Crippen LogP contribution in [0.3, 0.4) is 0 Å². The van der Waals surface area contributed by atoms with E-state index in [9.17, 15) is 9.59 Å². The first-order chi connectivity index (χ1) is 11.2. The minimum atomic E-state index is -0.465. The number of thioether (sulfide) groups is 1. The average Bonchev–Trinajstić information content (AvgIpc) is 2.92. The molecule has 0 aromatic heterocycles. The third-order valence-electron chi connectivity index (χ3n) is 4.60. The van der Waals surface area contributed by atoms with Crippen molar-refractivity contribution in [1.29, 1.82) is 5.41 Å². The summed E-state index contributed by atoms with van der Waals surface area (Å²) in [5, 5.41) is 10.2. The van der Waals surface area contributed by atoms with Crippen molar-refractivity contribution in [1.82, 2.24) is 5.32 Å². The highest BCUT2D eigenvalue weighted by atomic mass is 32.2. The lowest BCUT2D eigenvalue weighted by Crippen LogP contribution is -2.46. The fraction of sp³-hybridized carbons (Fsp3) is 0.278. The predicted octanol–water partition coefficient (Wildman–Crippen LogP) is 3.05. The van der Waals surface area contributed by atoms with Gasteiger partial charge in [0, 0.05) is 11.1 Å². The first kappa shape index (κ1) is 15.2. The molecule has 2 N–H and O–H groups in total. The van der Waals surface area contributed by atoms with E-state index >= 15 is 0 Å². The van der Waals surface area contributed by atoms with Crippen molar-refractivity contribution in [2.45, 2.75) is 33.2 Å². The summed E-state index contributed by atoms with van der Waals surface area (Å²) in [5.74, 6) is -0.538. The van der Waals surface area contributed by atoms with Crippen LogP contribution in [-0.4, -0.2) is 22.5 Å². The van der Waals surface area contributed by atoms with Crippen molar-refractivity contribution < 1.29 is 9.59 Å². The van der Waals surface area contributed by atoms with Crippen molar-refractivity contribution >= 4 is 45.6 Å². The molecular formula is C18H17N3O2S. The molecule has 0 atom stereocenters. The topological polar surface area (TPSA) is 73.3 Å². The number of anilines is 1. The predicted molar refractivity (Wildman–Crippen MR) is 96.8 cm³/mol. The third-order valence-corrected chi connectivity index (χ3v) is 5.50. The average molecular weight is 339 g/mol. The molecule has 3 aliphatic rings.